The van der Waals surface area contributed by atoms with Gasteiger partial charge in [0.1, 0.15) is 0 Å². The van der Waals surface area contributed by atoms with Crippen LogP contribution in [0.4, 0.5) is 0 Å². The highest BCUT2D eigenvalue weighted by Gasteiger charge is 2.20. The molecular formula is C13H17NS. The molecule has 1 aliphatic heterocycles. The van der Waals surface area contributed by atoms with E-state index in [9.17, 15) is 0 Å². The van der Waals surface area contributed by atoms with Gasteiger partial charge in [-0.1, -0.05) is 30.4 Å². The molecule has 0 aromatic heterocycles. The van der Waals surface area contributed by atoms with Crippen molar-refractivity contribution in [3.8, 4) is 0 Å². The van der Waals surface area contributed by atoms with Crippen LogP contribution in [0.2, 0.25) is 0 Å². The normalized spacial score (nSPS) is 18.9. The Morgan fingerprint density at radius 3 is 3.07 bits per heavy atom. The van der Waals surface area contributed by atoms with E-state index >= 15 is 0 Å². The predicted octanol–water partition coefficient (Wildman–Crippen LogP) is 2.87. The van der Waals surface area contributed by atoms with Crippen molar-refractivity contribution in [3.05, 3.63) is 42.0 Å². The summed E-state index contributed by atoms with van der Waals surface area (Å²) >= 11 is 2.00. The van der Waals surface area contributed by atoms with Crippen LogP contribution in [0.1, 0.15) is 12.5 Å². The summed E-state index contributed by atoms with van der Waals surface area (Å²) in [5, 5.41) is 4.14. The second-order valence-electron chi connectivity index (χ2n) is 4.14. The molecule has 1 atom stereocenters. The summed E-state index contributed by atoms with van der Waals surface area (Å²) < 4.78 is 0. The highest BCUT2D eigenvalue weighted by molar-refractivity contribution is 8.00. The van der Waals surface area contributed by atoms with Gasteiger partial charge in [0.05, 0.1) is 0 Å². The molecule has 0 saturated heterocycles. The van der Waals surface area contributed by atoms with Gasteiger partial charge < -0.3 is 5.32 Å². The van der Waals surface area contributed by atoms with E-state index in [1.165, 1.54) is 22.5 Å². The molecule has 0 bridgehead atoms. The molecule has 1 unspecified atom stereocenters. The van der Waals surface area contributed by atoms with Gasteiger partial charge in [-0.05, 0) is 25.0 Å². The lowest BCUT2D eigenvalue weighted by Gasteiger charge is -2.09. The van der Waals surface area contributed by atoms with Gasteiger partial charge in [-0.15, -0.1) is 11.8 Å². The summed E-state index contributed by atoms with van der Waals surface area (Å²) in [6, 6.07) is 8.71. The van der Waals surface area contributed by atoms with Crippen molar-refractivity contribution in [3.63, 3.8) is 0 Å². The molecule has 0 fully saturated rings. The fraction of sp³-hybridized carbons (Fsp3) is 0.385. The van der Waals surface area contributed by atoms with E-state index in [4.69, 9.17) is 0 Å². The van der Waals surface area contributed by atoms with E-state index in [1.807, 2.05) is 11.8 Å². The van der Waals surface area contributed by atoms with Crippen molar-refractivity contribution in [1.29, 1.82) is 0 Å². The van der Waals surface area contributed by atoms with Gasteiger partial charge in [-0.25, -0.2) is 0 Å². The Bertz CT molecular complexity index is 334. The van der Waals surface area contributed by atoms with Crippen LogP contribution in [0.3, 0.4) is 0 Å². The van der Waals surface area contributed by atoms with Crippen LogP contribution in [-0.4, -0.2) is 18.3 Å². The van der Waals surface area contributed by atoms with E-state index in [0.29, 0.717) is 5.25 Å². The molecule has 1 aromatic carbocycles. The van der Waals surface area contributed by atoms with Gasteiger partial charge in [0.15, 0.2) is 0 Å². The van der Waals surface area contributed by atoms with Gasteiger partial charge in [0.25, 0.3) is 0 Å². The van der Waals surface area contributed by atoms with Crippen LogP contribution in [-0.2, 0) is 6.42 Å². The van der Waals surface area contributed by atoms with Crippen molar-refractivity contribution in [1.82, 2.24) is 5.32 Å². The number of hydrogen-bond donors (Lipinski definition) is 1. The zero-order chi connectivity index (χ0) is 10.7. The maximum absolute atomic E-state index is 3.89. The maximum Gasteiger partial charge on any atom is 0.0260 e. The highest BCUT2D eigenvalue weighted by atomic mass is 32.2. The average Bonchev–Trinajstić information content (AvgIpc) is 2.59. The zero-order valence-corrected chi connectivity index (χ0v) is 9.94. The first kappa shape index (κ1) is 10.8. The molecule has 0 spiro atoms. The largest absolute Gasteiger partial charge is 0.312 e. The van der Waals surface area contributed by atoms with E-state index < -0.39 is 0 Å². The second kappa shape index (κ2) is 4.86. The van der Waals surface area contributed by atoms with Crippen molar-refractivity contribution >= 4 is 11.8 Å². The average molecular weight is 219 g/mol. The van der Waals surface area contributed by atoms with Crippen LogP contribution in [0.15, 0.2) is 41.3 Å². The molecule has 0 amide bonds. The fourth-order valence-corrected chi connectivity index (χ4v) is 3.10. The molecule has 1 heterocycles. The van der Waals surface area contributed by atoms with E-state index in [1.54, 1.807) is 0 Å². The molecule has 2 heteroatoms. The van der Waals surface area contributed by atoms with Gasteiger partial charge in [-0.3, -0.25) is 0 Å². The monoisotopic (exact) mass is 219 g/mol. The van der Waals surface area contributed by atoms with Crippen LogP contribution >= 0.6 is 11.8 Å². The second-order valence-corrected chi connectivity index (χ2v) is 5.48. The Morgan fingerprint density at radius 2 is 2.33 bits per heavy atom. The number of thioether (sulfide) groups is 1. The minimum atomic E-state index is 0.696. The quantitative estimate of drug-likeness (QED) is 0.782. The SMILES string of the molecule is C=C(C)CNCC1Cc2ccccc2S1. The maximum atomic E-state index is 3.89. The topological polar surface area (TPSA) is 12.0 Å². The molecule has 2 rings (SSSR count). The molecule has 1 aliphatic rings. The number of hydrogen-bond acceptors (Lipinski definition) is 2. The Hall–Kier alpha value is -0.730. The lowest BCUT2D eigenvalue weighted by molar-refractivity contribution is 0.700. The molecule has 15 heavy (non-hydrogen) atoms. The molecule has 80 valence electrons. The smallest absolute Gasteiger partial charge is 0.0260 e. The summed E-state index contributed by atoms with van der Waals surface area (Å²) in [6.45, 7) is 7.96. The molecule has 0 radical (unpaired) electrons. The first-order valence-corrected chi connectivity index (χ1v) is 6.23. The fourth-order valence-electron chi connectivity index (χ4n) is 1.81. The summed E-state index contributed by atoms with van der Waals surface area (Å²) in [5.41, 5.74) is 2.71. The molecule has 1 aromatic rings. The summed E-state index contributed by atoms with van der Waals surface area (Å²) in [6.07, 6.45) is 1.20. The van der Waals surface area contributed by atoms with E-state index in [2.05, 4.69) is 43.1 Å². The van der Waals surface area contributed by atoms with Gasteiger partial charge in [0, 0.05) is 23.2 Å². The Labute approximate surface area is 96.0 Å². The summed E-state index contributed by atoms with van der Waals surface area (Å²) in [7, 11) is 0. The van der Waals surface area contributed by atoms with Crippen molar-refractivity contribution in [2.24, 2.45) is 0 Å². The highest BCUT2D eigenvalue weighted by Crippen LogP contribution is 2.36. The van der Waals surface area contributed by atoms with Gasteiger partial charge in [-0.2, -0.15) is 0 Å². The third-order valence-corrected chi connectivity index (χ3v) is 3.83. The third-order valence-electron chi connectivity index (χ3n) is 2.51. The number of rotatable bonds is 4. The third kappa shape index (κ3) is 2.86. The summed E-state index contributed by atoms with van der Waals surface area (Å²) in [4.78, 5) is 1.46. The van der Waals surface area contributed by atoms with Crippen LogP contribution in [0.25, 0.3) is 0 Å². The number of benzene rings is 1. The van der Waals surface area contributed by atoms with Gasteiger partial charge in [0.2, 0.25) is 0 Å². The van der Waals surface area contributed by atoms with Crippen LogP contribution in [0, 0.1) is 0 Å². The van der Waals surface area contributed by atoms with Crippen LogP contribution in [0.5, 0.6) is 0 Å². The van der Waals surface area contributed by atoms with Gasteiger partial charge >= 0.3 is 0 Å². The first-order chi connectivity index (χ1) is 7.25. The van der Waals surface area contributed by atoms with Crippen LogP contribution < -0.4 is 5.32 Å². The minimum Gasteiger partial charge on any atom is -0.312 e. The molecule has 0 saturated carbocycles. The number of nitrogens with one attached hydrogen (secondary N) is 1. The van der Waals surface area contributed by atoms with Crippen molar-refractivity contribution < 1.29 is 0 Å². The Balaban J connectivity index is 1.83. The number of fused-ring (bicyclic) bond motifs is 1. The zero-order valence-electron chi connectivity index (χ0n) is 9.12. The predicted molar refractivity (Wildman–Crippen MR) is 67.5 cm³/mol. The lowest BCUT2D eigenvalue weighted by Crippen LogP contribution is -2.25. The molecule has 0 aliphatic carbocycles. The molecule has 1 N–H and O–H groups in total. The van der Waals surface area contributed by atoms with Crippen molar-refractivity contribution in [2.45, 2.75) is 23.5 Å². The van der Waals surface area contributed by atoms with E-state index in [-0.39, 0.29) is 0 Å². The first-order valence-electron chi connectivity index (χ1n) is 5.35. The Morgan fingerprint density at radius 1 is 1.53 bits per heavy atom. The summed E-state index contributed by atoms with van der Waals surface area (Å²) in [5.74, 6) is 0. The standard InChI is InChI=1S/C13H17NS/c1-10(2)8-14-9-12-7-11-5-3-4-6-13(11)15-12/h3-6,12,14H,1,7-9H2,2H3. The molecule has 1 nitrogen and oxygen atoms in total. The molecular weight excluding hydrogens is 202 g/mol. The Kier molecular flexibility index (Phi) is 3.49. The van der Waals surface area contributed by atoms with Crippen molar-refractivity contribution in [2.75, 3.05) is 13.1 Å². The van der Waals surface area contributed by atoms with E-state index in [0.717, 1.165) is 13.1 Å². The minimum absolute atomic E-state index is 0.696. The lowest BCUT2D eigenvalue weighted by atomic mass is 10.1.